The molecule has 0 bridgehead atoms. The Kier molecular flexibility index (Phi) is 6.41. The van der Waals surface area contributed by atoms with Crippen molar-refractivity contribution in [2.45, 2.75) is 67.2 Å². The van der Waals surface area contributed by atoms with E-state index < -0.39 is 5.79 Å². The van der Waals surface area contributed by atoms with E-state index in [1.165, 1.54) is 23.5 Å². The van der Waals surface area contributed by atoms with Gasteiger partial charge < -0.3 is 14.2 Å². The van der Waals surface area contributed by atoms with Crippen LogP contribution in [0, 0.1) is 12.3 Å². The Balaban J connectivity index is 1.42. The van der Waals surface area contributed by atoms with Crippen molar-refractivity contribution in [1.82, 2.24) is 0 Å². The molecule has 1 aromatic carbocycles. The number of ether oxygens (including phenoxy) is 3. The molecule has 1 unspecified atom stereocenters. The van der Waals surface area contributed by atoms with Crippen LogP contribution in [0.25, 0.3) is 0 Å². The van der Waals surface area contributed by atoms with E-state index >= 15 is 0 Å². The predicted molar refractivity (Wildman–Crippen MR) is 113 cm³/mol. The summed E-state index contributed by atoms with van der Waals surface area (Å²) in [6.45, 7) is 1.24. The van der Waals surface area contributed by atoms with Crippen molar-refractivity contribution in [3.8, 4) is 12.3 Å². The molecule has 2 spiro atoms. The van der Waals surface area contributed by atoms with Crippen LogP contribution in [0.5, 0.6) is 0 Å². The van der Waals surface area contributed by atoms with E-state index in [1.54, 1.807) is 0 Å². The Morgan fingerprint density at radius 3 is 2.70 bits per heavy atom. The van der Waals surface area contributed by atoms with Crippen molar-refractivity contribution in [1.29, 1.82) is 0 Å². The lowest BCUT2D eigenvalue weighted by molar-refractivity contribution is -0.276. The number of thioether (sulfide) groups is 2. The SMILES string of the molecule is C#CCC1CC[C@]2(CC3(C[C@@H](COCc4ccccc4)O2)SCCCS3)O1. The van der Waals surface area contributed by atoms with Crippen molar-refractivity contribution in [2.75, 3.05) is 18.1 Å². The van der Waals surface area contributed by atoms with Crippen LogP contribution in [0.1, 0.15) is 44.1 Å². The zero-order chi connectivity index (χ0) is 18.6. The second kappa shape index (κ2) is 8.80. The van der Waals surface area contributed by atoms with Crippen molar-refractivity contribution in [2.24, 2.45) is 0 Å². The molecule has 146 valence electrons. The van der Waals surface area contributed by atoms with Gasteiger partial charge in [-0.15, -0.1) is 35.9 Å². The molecule has 5 heteroatoms. The molecule has 0 saturated carbocycles. The van der Waals surface area contributed by atoms with Crippen LogP contribution in [0.15, 0.2) is 30.3 Å². The van der Waals surface area contributed by atoms with Gasteiger partial charge in [-0.3, -0.25) is 0 Å². The highest BCUT2D eigenvalue weighted by Crippen LogP contribution is 2.56. The molecule has 0 aliphatic carbocycles. The van der Waals surface area contributed by atoms with Crippen molar-refractivity contribution in [3.05, 3.63) is 35.9 Å². The molecule has 0 aromatic heterocycles. The van der Waals surface area contributed by atoms with Crippen LogP contribution in [-0.4, -0.2) is 40.2 Å². The van der Waals surface area contributed by atoms with Crippen LogP contribution < -0.4 is 0 Å². The molecule has 4 rings (SSSR count). The fourth-order valence-electron chi connectivity index (χ4n) is 4.32. The smallest absolute Gasteiger partial charge is 0.171 e. The van der Waals surface area contributed by atoms with Crippen LogP contribution >= 0.6 is 23.5 Å². The lowest BCUT2D eigenvalue weighted by Gasteiger charge is -2.49. The van der Waals surface area contributed by atoms with Gasteiger partial charge in [-0.1, -0.05) is 30.3 Å². The molecule has 3 nitrogen and oxygen atoms in total. The Morgan fingerprint density at radius 2 is 1.93 bits per heavy atom. The maximum atomic E-state index is 6.53. The average molecular weight is 405 g/mol. The number of benzene rings is 1. The third kappa shape index (κ3) is 4.86. The fourth-order valence-corrected chi connectivity index (χ4v) is 7.91. The second-order valence-electron chi connectivity index (χ2n) is 7.68. The third-order valence-corrected chi connectivity index (χ3v) is 8.83. The lowest BCUT2D eigenvalue weighted by atomic mass is 9.97. The largest absolute Gasteiger partial charge is 0.374 e. The minimum absolute atomic E-state index is 0.0742. The molecular weight excluding hydrogens is 376 g/mol. The first-order chi connectivity index (χ1) is 13.2. The molecule has 3 heterocycles. The summed E-state index contributed by atoms with van der Waals surface area (Å²) in [4.78, 5) is 0. The summed E-state index contributed by atoms with van der Waals surface area (Å²) in [5.41, 5.74) is 1.20. The van der Waals surface area contributed by atoms with Gasteiger partial charge in [-0.25, -0.2) is 0 Å². The first-order valence-electron chi connectivity index (χ1n) is 9.90. The van der Waals surface area contributed by atoms with Crippen LogP contribution in [0.2, 0.25) is 0 Å². The van der Waals surface area contributed by atoms with Gasteiger partial charge in [0.15, 0.2) is 5.79 Å². The van der Waals surface area contributed by atoms with Crippen LogP contribution in [-0.2, 0) is 20.8 Å². The fraction of sp³-hybridized carbons (Fsp3) is 0.636. The highest BCUT2D eigenvalue weighted by molar-refractivity contribution is 8.18. The number of rotatable bonds is 5. The molecule has 3 aliphatic heterocycles. The van der Waals surface area contributed by atoms with Crippen molar-refractivity contribution < 1.29 is 14.2 Å². The normalized spacial score (nSPS) is 32.6. The molecule has 1 aromatic rings. The Labute approximate surface area is 171 Å². The first kappa shape index (κ1) is 19.7. The molecule has 3 saturated heterocycles. The standard InChI is InChI=1S/C22H28O3S2/c1-2-7-19-10-11-21(24-19)17-22(26-12-6-13-27-22)14-20(25-21)16-23-15-18-8-4-3-5-9-18/h1,3-5,8-9,19-20H,6-7,10-17H2/t19?,20-,21-/m0/s1. The highest BCUT2D eigenvalue weighted by Gasteiger charge is 2.54. The maximum Gasteiger partial charge on any atom is 0.171 e. The van der Waals surface area contributed by atoms with Gasteiger partial charge in [0.05, 0.1) is 29.5 Å². The minimum Gasteiger partial charge on any atom is -0.374 e. The summed E-state index contributed by atoms with van der Waals surface area (Å²) in [5, 5.41) is 0. The highest BCUT2D eigenvalue weighted by atomic mass is 32.2. The van der Waals surface area contributed by atoms with Gasteiger partial charge in [0.25, 0.3) is 0 Å². The van der Waals surface area contributed by atoms with E-state index in [2.05, 4.69) is 41.6 Å². The molecule has 0 N–H and O–H groups in total. The van der Waals surface area contributed by atoms with Gasteiger partial charge in [0.2, 0.25) is 0 Å². The number of terminal acetylenes is 1. The average Bonchev–Trinajstić information content (AvgIpc) is 3.04. The van der Waals surface area contributed by atoms with Crippen LogP contribution in [0.4, 0.5) is 0 Å². The van der Waals surface area contributed by atoms with E-state index in [0.29, 0.717) is 19.6 Å². The molecule has 0 radical (unpaired) electrons. The number of hydrogen-bond donors (Lipinski definition) is 0. The topological polar surface area (TPSA) is 27.7 Å². The predicted octanol–water partition coefficient (Wildman–Crippen LogP) is 4.85. The van der Waals surface area contributed by atoms with Crippen molar-refractivity contribution in [3.63, 3.8) is 0 Å². The Hall–Kier alpha value is -0.640. The molecule has 0 amide bonds. The zero-order valence-electron chi connectivity index (χ0n) is 15.7. The van der Waals surface area contributed by atoms with Gasteiger partial charge in [0.1, 0.15) is 0 Å². The summed E-state index contributed by atoms with van der Waals surface area (Å²) in [6.07, 6.45) is 11.6. The van der Waals surface area contributed by atoms with E-state index in [1.807, 2.05) is 18.2 Å². The van der Waals surface area contributed by atoms with Gasteiger partial charge in [0, 0.05) is 19.3 Å². The third-order valence-electron chi connectivity index (χ3n) is 5.47. The zero-order valence-corrected chi connectivity index (χ0v) is 17.4. The Morgan fingerprint density at radius 1 is 1.15 bits per heavy atom. The first-order valence-corrected chi connectivity index (χ1v) is 11.9. The molecular formula is C22H28O3S2. The summed E-state index contributed by atoms with van der Waals surface area (Å²) >= 11 is 4.21. The molecule has 3 aliphatic rings. The number of hydrogen-bond acceptors (Lipinski definition) is 5. The summed E-state index contributed by atoms with van der Waals surface area (Å²) in [5.74, 6) is 4.74. The summed E-state index contributed by atoms with van der Waals surface area (Å²) in [6, 6.07) is 10.3. The van der Waals surface area contributed by atoms with Gasteiger partial charge in [-0.05, 0) is 36.3 Å². The summed E-state index contributed by atoms with van der Waals surface area (Å²) < 4.78 is 19.2. The van der Waals surface area contributed by atoms with E-state index in [-0.39, 0.29) is 16.3 Å². The lowest BCUT2D eigenvalue weighted by Crippen LogP contribution is -2.52. The van der Waals surface area contributed by atoms with E-state index in [4.69, 9.17) is 20.6 Å². The maximum absolute atomic E-state index is 6.53. The van der Waals surface area contributed by atoms with E-state index in [0.717, 1.165) is 25.7 Å². The monoisotopic (exact) mass is 404 g/mol. The van der Waals surface area contributed by atoms with Crippen molar-refractivity contribution >= 4 is 23.5 Å². The Bertz CT molecular complexity index is 653. The molecule has 27 heavy (non-hydrogen) atoms. The van der Waals surface area contributed by atoms with Crippen LogP contribution in [0.3, 0.4) is 0 Å². The summed E-state index contributed by atoms with van der Waals surface area (Å²) in [7, 11) is 0. The second-order valence-corrected chi connectivity index (χ2v) is 10.9. The minimum atomic E-state index is -0.474. The molecule has 3 fully saturated rings. The molecule has 3 atom stereocenters. The quantitative estimate of drug-likeness (QED) is 0.654. The van der Waals surface area contributed by atoms with Gasteiger partial charge in [-0.2, -0.15) is 0 Å². The van der Waals surface area contributed by atoms with Gasteiger partial charge >= 0.3 is 0 Å². The van der Waals surface area contributed by atoms with E-state index in [9.17, 15) is 0 Å².